The third-order valence-electron chi connectivity index (χ3n) is 3.48. The molecule has 3 aromatic rings. The summed E-state index contributed by atoms with van der Waals surface area (Å²) in [6.45, 7) is 0. The molecule has 0 atom stereocenters. The van der Waals surface area contributed by atoms with Crippen molar-refractivity contribution in [2.75, 3.05) is 17.9 Å². The van der Waals surface area contributed by atoms with Crippen LogP contribution in [0.1, 0.15) is 0 Å². The second-order valence-corrected chi connectivity index (χ2v) is 6.35. The molecule has 0 bridgehead atoms. The summed E-state index contributed by atoms with van der Waals surface area (Å²) in [4.78, 5) is 3.02. The summed E-state index contributed by atoms with van der Waals surface area (Å²) in [5.41, 5.74) is 5.74. The van der Waals surface area contributed by atoms with Crippen LogP contribution in [-0.4, -0.2) is 21.9 Å². The highest BCUT2D eigenvalue weighted by atomic mass is 35.5. The van der Waals surface area contributed by atoms with Gasteiger partial charge in [0.05, 0.1) is 12.8 Å². The molecule has 1 aromatic heterocycles. The van der Waals surface area contributed by atoms with Crippen molar-refractivity contribution < 1.29 is 4.74 Å². The Bertz CT molecular complexity index is 933. The van der Waals surface area contributed by atoms with Crippen LogP contribution in [0.25, 0.3) is 11.3 Å². The third-order valence-corrected chi connectivity index (χ3v) is 4.22. The van der Waals surface area contributed by atoms with Gasteiger partial charge in [-0.15, -0.1) is 0 Å². The van der Waals surface area contributed by atoms with Crippen LogP contribution in [0.15, 0.2) is 54.7 Å². The van der Waals surface area contributed by atoms with Crippen LogP contribution >= 0.6 is 36.0 Å². The Kier molecular flexibility index (Phi) is 5.37. The molecule has 0 amide bonds. The first kappa shape index (κ1) is 17.5. The predicted molar refractivity (Wildman–Crippen MR) is 109 cm³/mol. The van der Waals surface area contributed by atoms with Crippen molar-refractivity contribution >= 4 is 46.8 Å². The van der Waals surface area contributed by atoms with Crippen molar-refractivity contribution in [1.29, 1.82) is 0 Å². The molecule has 0 spiro atoms. The number of nitrogens with zero attached hydrogens (tertiary/aromatic N) is 1. The van der Waals surface area contributed by atoms with Crippen molar-refractivity contribution in [1.82, 2.24) is 9.66 Å². The number of imidazole rings is 1. The number of aromatic amines is 1. The molecule has 0 aliphatic heterocycles. The first-order valence-corrected chi connectivity index (χ1v) is 8.54. The van der Waals surface area contributed by atoms with Gasteiger partial charge in [0.15, 0.2) is 9.88 Å². The minimum Gasteiger partial charge on any atom is -0.497 e. The minimum atomic E-state index is 0.410. The lowest BCUT2D eigenvalue weighted by Crippen LogP contribution is -2.28. The van der Waals surface area contributed by atoms with Crippen LogP contribution in [0.2, 0.25) is 5.02 Å². The summed E-state index contributed by atoms with van der Waals surface area (Å²) < 4.78 is 7.41. The zero-order valence-corrected chi connectivity index (χ0v) is 15.6. The van der Waals surface area contributed by atoms with Crippen molar-refractivity contribution in [2.24, 2.45) is 0 Å². The van der Waals surface area contributed by atoms with E-state index in [1.165, 1.54) is 0 Å². The number of rotatable bonds is 4. The first-order valence-electron chi connectivity index (χ1n) is 7.35. The maximum absolute atomic E-state index is 5.89. The Labute approximate surface area is 160 Å². The summed E-state index contributed by atoms with van der Waals surface area (Å²) in [5, 5.41) is 4.17. The Morgan fingerprint density at radius 2 is 1.80 bits per heavy atom. The highest BCUT2D eigenvalue weighted by Crippen LogP contribution is 2.22. The van der Waals surface area contributed by atoms with E-state index >= 15 is 0 Å². The van der Waals surface area contributed by atoms with Crippen LogP contribution in [0, 0.1) is 4.77 Å². The van der Waals surface area contributed by atoms with Crippen molar-refractivity contribution in [3.63, 3.8) is 0 Å². The lowest BCUT2D eigenvalue weighted by Gasteiger charge is -2.14. The molecule has 0 aliphatic rings. The summed E-state index contributed by atoms with van der Waals surface area (Å²) >= 11 is 16.6. The van der Waals surface area contributed by atoms with E-state index in [0.29, 0.717) is 14.9 Å². The van der Waals surface area contributed by atoms with Crippen molar-refractivity contribution in [2.45, 2.75) is 0 Å². The molecule has 3 rings (SSSR count). The van der Waals surface area contributed by atoms with Crippen LogP contribution in [-0.2, 0) is 0 Å². The number of thiocarbonyl (C=S) groups is 1. The van der Waals surface area contributed by atoms with E-state index in [9.17, 15) is 0 Å². The smallest absolute Gasteiger partial charge is 0.196 e. The fraction of sp³-hybridized carbons (Fsp3) is 0.0588. The monoisotopic (exact) mass is 390 g/mol. The van der Waals surface area contributed by atoms with Crippen LogP contribution in [0.4, 0.5) is 5.69 Å². The molecule has 0 saturated heterocycles. The highest BCUT2D eigenvalue weighted by Gasteiger charge is 2.09. The van der Waals surface area contributed by atoms with Gasteiger partial charge in [-0.05, 0) is 73.0 Å². The number of aromatic nitrogens is 2. The standard InChI is InChI=1S/C17H15ClN4OS2/c1-23-14-8-2-11(3-9-14)15-10-19-17(25)22(15)21-16(24)20-13-6-4-12(18)5-7-13/h2-10H,1H3,(H,19,25)(H2,20,21,24). The third kappa shape index (κ3) is 4.19. The van der Waals surface area contributed by atoms with E-state index in [1.807, 2.05) is 42.6 Å². The molecular weight excluding hydrogens is 376 g/mol. The lowest BCUT2D eigenvalue weighted by molar-refractivity contribution is 0.415. The summed E-state index contributed by atoms with van der Waals surface area (Å²) in [5.74, 6) is 0.789. The van der Waals surface area contributed by atoms with E-state index in [4.69, 9.17) is 40.8 Å². The number of benzene rings is 2. The van der Waals surface area contributed by atoms with E-state index < -0.39 is 0 Å². The zero-order valence-electron chi connectivity index (χ0n) is 13.2. The van der Waals surface area contributed by atoms with E-state index in [0.717, 1.165) is 22.7 Å². The van der Waals surface area contributed by atoms with Gasteiger partial charge in [-0.2, -0.15) is 0 Å². The van der Waals surface area contributed by atoms with Gasteiger partial charge in [-0.25, -0.2) is 4.68 Å². The Morgan fingerprint density at radius 1 is 1.12 bits per heavy atom. The number of halogens is 1. The molecule has 0 unspecified atom stereocenters. The first-order chi connectivity index (χ1) is 12.1. The number of methoxy groups -OCH3 is 1. The molecule has 5 nitrogen and oxygen atoms in total. The van der Waals surface area contributed by atoms with Gasteiger partial charge >= 0.3 is 0 Å². The topological polar surface area (TPSA) is 54.0 Å². The second kappa shape index (κ2) is 7.69. The van der Waals surface area contributed by atoms with Gasteiger partial charge in [0, 0.05) is 22.5 Å². The molecule has 3 N–H and O–H groups in total. The number of ether oxygens (including phenoxy) is 1. The van der Waals surface area contributed by atoms with Crippen molar-refractivity contribution in [3.8, 4) is 17.0 Å². The Hall–Kier alpha value is -2.35. The normalized spacial score (nSPS) is 10.3. The molecule has 1 heterocycles. The Balaban J connectivity index is 1.80. The van der Waals surface area contributed by atoms with E-state index in [2.05, 4.69) is 15.7 Å². The van der Waals surface area contributed by atoms with Crippen LogP contribution in [0.3, 0.4) is 0 Å². The molecule has 0 saturated carbocycles. The van der Waals surface area contributed by atoms with Gasteiger partial charge in [0.1, 0.15) is 5.75 Å². The summed E-state index contributed by atoms with van der Waals surface area (Å²) in [7, 11) is 1.63. The maximum Gasteiger partial charge on any atom is 0.196 e. The number of hydrogen-bond donors (Lipinski definition) is 3. The van der Waals surface area contributed by atoms with Crippen LogP contribution < -0.4 is 15.5 Å². The highest BCUT2D eigenvalue weighted by molar-refractivity contribution is 7.80. The average molecular weight is 391 g/mol. The predicted octanol–water partition coefficient (Wildman–Crippen LogP) is 4.82. The maximum atomic E-state index is 5.89. The Morgan fingerprint density at radius 3 is 2.44 bits per heavy atom. The van der Waals surface area contributed by atoms with E-state index in [-0.39, 0.29) is 0 Å². The molecule has 25 heavy (non-hydrogen) atoms. The fourth-order valence-electron chi connectivity index (χ4n) is 2.25. The molecule has 0 fully saturated rings. The number of nitrogens with one attached hydrogen (secondary N) is 3. The molecular formula is C17H15ClN4OS2. The largest absolute Gasteiger partial charge is 0.497 e. The summed E-state index contributed by atoms with van der Waals surface area (Å²) in [6.07, 6.45) is 1.82. The lowest BCUT2D eigenvalue weighted by atomic mass is 10.1. The van der Waals surface area contributed by atoms with E-state index in [1.54, 1.807) is 23.9 Å². The fourth-order valence-corrected chi connectivity index (χ4v) is 2.79. The minimum absolute atomic E-state index is 0.410. The van der Waals surface area contributed by atoms with Gasteiger partial charge in [-0.3, -0.25) is 5.43 Å². The zero-order chi connectivity index (χ0) is 17.8. The van der Waals surface area contributed by atoms with Gasteiger partial charge < -0.3 is 15.0 Å². The molecule has 2 aromatic carbocycles. The second-order valence-electron chi connectivity index (χ2n) is 5.12. The van der Waals surface area contributed by atoms with Crippen LogP contribution in [0.5, 0.6) is 5.75 Å². The molecule has 128 valence electrons. The van der Waals surface area contributed by atoms with Gasteiger partial charge in [0.25, 0.3) is 0 Å². The molecule has 8 heteroatoms. The molecule has 0 radical (unpaired) electrons. The van der Waals surface area contributed by atoms with Gasteiger partial charge in [0.2, 0.25) is 0 Å². The SMILES string of the molecule is COc1ccc(-c2c[nH]c(=S)n2NC(=S)Nc2ccc(Cl)cc2)cc1. The number of hydrogen-bond acceptors (Lipinski definition) is 3. The van der Waals surface area contributed by atoms with Crippen molar-refractivity contribution in [3.05, 3.63) is 64.5 Å². The number of H-pyrrole nitrogens is 1. The molecule has 0 aliphatic carbocycles. The number of anilines is 1. The average Bonchev–Trinajstić information content (AvgIpc) is 2.98. The quantitative estimate of drug-likeness (QED) is 0.558. The van der Waals surface area contributed by atoms with Gasteiger partial charge in [-0.1, -0.05) is 11.6 Å². The summed E-state index contributed by atoms with van der Waals surface area (Å²) in [6, 6.07) is 14.9.